The fourth-order valence-corrected chi connectivity index (χ4v) is 2.29. The molecule has 0 bridgehead atoms. The Morgan fingerprint density at radius 3 is 2.37 bits per heavy atom. The van der Waals surface area contributed by atoms with Crippen molar-refractivity contribution < 1.29 is 9.90 Å². The summed E-state index contributed by atoms with van der Waals surface area (Å²) in [5, 5.41) is 9.32. The zero-order valence-electron chi connectivity index (χ0n) is 11.0. The van der Waals surface area contributed by atoms with E-state index >= 15 is 0 Å². The summed E-state index contributed by atoms with van der Waals surface area (Å²) in [6.07, 6.45) is 1.54. The van der Waals surface area contributed by atoms with Gasteiger partial charge in [-0.05, 0) is 23.1 Å². The summed E-state index contributed by atoms with van der Waals surface area (Å²) in [6.45, 7) is 2.01. The van der Waals surface area contributed by atoms with Crippen LogP contribution in [0.3, 0.4) is 0 Å². The Labute approximate surface area is 113 Å². The van der Waals surface area contributed by atoms with E-state index in [0.717, 1.165) is 23.1 Å². The van der Waals surface area contributed by atoms with Gasteiger partial charge in [0.15, 0.2) is 0 Å². The van der Waals surface area contributed by atoms with Gasteiger partial charge in [-0.25, -0.2) is 0 Å². The molecule has 1 atom stereocenters. The van der Waals surface area contributed by atoms with E-state index in [2.05, 4.69) is 0 Å². The quantitative estimate of drug-likeness (QED) is 0.862. The molecule has 19 heavy (non-hydrogen) atoms. The van der Waals surface area contributed by atoms with Gasteiger partial charge in [0.2, 0.25) is 0 Å². The number of hydrogen-bond donors (Lipinski definition) is 1. The molecule has 0 amide bonds. The molecule has 0 fully saturated rings. The van der Waals surface area contributed by atoms with Gasteiger partial charge in [-0.2, -0.15) is 0 Å². The molecule has 0 saturated heterocycles. The first-order valence-electron chi connectivity index (χ1n) is 6.60. The van der Waals surface area contributed by atoms with Crippen LogP contribution in [-0.2, 0) is 4.79 Å². The molecule has 2 heteroatoms. The Morgan fingerprint density at radius 2 is 1.74 bits per heavy atom. The zero-order chi connectivity index (χ0) is 13.7. The van der Waals surface area contributed by atoms with E-state index in [1.807, 2.05) is 61.5 Å². The van der Waals surface area contributed by atoms with Gasteiger partial charge in [-0.3, -0.25) is 4.79 Å². The average molecular weight is 254 g/mol. The summed E-state index contributed by atoms with van der Waals surface area (Å²) in [4.78, 5) is 11.3. The summed E-state index contributed by atoms with van der Waals surface area (Å²) >= 11 is 0. The predicted molar refractivity (Wildman–Crippen MR) is 77.2 cm³/mol. The van der Waals surface area contributed by atoms with E-state index in [4.69, 9.17) is 0 Å². The topological polar surface area (TPSA) is 37.3 Å². The van der Waals surface area contributed by atoms with Crippen LogP contribution in [0.5, 0.6) is 0 Å². The fourth-order valence-electron chi connectivity index (χ4n) is 2.29. The van der Waals surface area contributed by atoms with E-state index in [-0.39, 0.29) is 0 Å². The molecule has 0 radical (unpaired) electrons. The summed E-state index contributed by atoms with van der Waals surface area (Å²) in [7, 11) is 0. The number of rotatable bonds is 5. The summed E-state index contributed by atoms with van der Waals surface area (Å²) in [6, 6.07) is 17.9. The van der Waals surface area contributed by atoms with Crippen molar-refractivity contribution in [3.05, 3.63) is 60.2 Å². The van der Waals surface area contributed by atoms with Gasteiger partial charge in [-0.15, -0.1) is 0 Å². The molecule has 2 rings (SSSR count). The third-order valence-corrected chi connectivity index (χ3v) is 3.27. The van der Waals surface area contributed by atoms with E-state index in [1.165, 1.54) is 0 Å². The smallest absolute Gasteiger partial charge is 0.310 e. The number of aliphatic carboxylic acids is 1. The van der Waals surface area contributed by atoms with Crippen molar-refractivity contribution in [1.82, 2.24) is 0 Å². The molecular weight excluding hydrogens is 236 g/mol. The number of benzene rings is 2. The van der Waals surface area contributed by atoms with Crippen molar-refractivity contribution in [2.75, 3.05) is 0 Å². The largest absolute Gasteiger partial charge is 0.481 e. The molecule has 98 valence electrons. The third kappa shape index (κ3) is 3.22. The van der Waals surface area contributed by atoms with Crippen molar-refractivity contribution in [3.63, 3.8) is 0 Å². The molecule has 2 aromatic carbocycles. The lowest BCUT2D eigenvalue weighted by atomic mass is 9.92. The van der Waals surface area contributed by atoms with Crippen LogP contribution in [0.2, 0.25) is 0 Å². The molecule has 1 N–H and O–H groups in total. The third-order valence-electron chi connectivity index (χ3n) is 3.27. The summed E-state index contributed by atoms with van der Waals surface area (Å²) in [5.74, 6) is -1.15. The minimum Gasteiger partial charge on any atom is -0.481 e. The fraction of sp³-hybridized carbons (Fsp3) is 0.235. The van der Waals surface area contributed by atoms with Crippen molar-refractivity contribution >= 4 is 5.97 Å². The number of carboxylic acid groups (broad SMARTS) is 1. The van der Waals surface area contributed by atoms with Crippen molar-refractivity contribution in [2.24, 2.45) is 0 Å². The van der Waals surface area contributed by atoms with Crippen LogP contribution in [-0.4, -0.2) is 11.1 Å². The minimum absolute atomic E-state index is 0.409. The lowest BCUT2D eigenvalue weighted by molar-refractivity contribution is -0.139. The second-order valence-electron chi connectivity index (χ2n) is 4.67. The number of carbonyl (C=O) groups is 1. The highest BCUT2D eigenvalue weighted by Gasteiger charge is 2.18. The molecule has 0 aliphatic heterocycles. The second-order valence-corrected chi connectivity index (χ2v) is 4.67. The van der Waals surface area contributed by atoms with E-state index in [1.54, 1.807) is 0 Å². The Balaban J connectivity index is 2.36. The molecule has 0 aromatic heterocycles. The van der Waals surface area contributed by atoms with Gasteiger partial charge < -0.3 is 5.11 Å². The SMILES string of the molecule is CCCC(C(=O)O)c1cccc(-c2ccccc2)c1. The molecule has 2 aromatic rings. The summed E-state index contributed by atoms with van der Waals surface area (Å²) in [5.41, 5.74) is 3.07. The second kappa shape index (κ2) is 6.19. The van der Waals surface area contributed by atoms with Gasteiger partial charge in [0.25, 0.3) is 0 Å². The lowest BCUT2D eigenvalue weighted by Gasteiger charge is -2.13. The average Bonchev–Trinajstić information content (AvgIpc) is 2.45. The monoisotopic (exact) mass is 254 g/mol. The van der Waals surface area contributed by atoms with Crippen LogP contribution in [0.25, 0.3) is 11.1 Å². The lowest BCUT2D eigenvalue weighted by Crippen LogP contribution is -2.11. The van der Waals surface area contributed by atoms with Crippen LogP contribution < -0.4 is 0 Å². The number of hydrogen-bond acceptors (Lipinski definition) is 1. The van der Waals surface area contributed by atoms with Gasteiger partial charge in [0.05, 0.1) is 5.92 Å². The van der Waals surface area contributed by atoms with Crippen molar-refractivity contribution in [1.29, 1.82) is 0 Å². The van der Waals surface area contributed by atoms with E-state index in [9.17, 15) is 9.90 Å². The van der Waals surface area contributed by atoms with Gasteiger partial charge in [-0.1, -0.05) is 67.9 Å². The van der Waals surface area contributed by atoms with Crippen LogP contribution in [0.4, 0.5) is 0 Å². The van der Waals surface area contributed by atoms with Gasteiger partial charge >= 0.3 is 5.97 Å². The van der Waals surface area contributed by atoms with Crippen LogP contribution in [0, 0.1) is 0 Å². The Hall–Kier alpha value is -2.09. The first-order chi connectivity index (χ1) is 9.22. The highest BCUT2D eigenvalue weighted by atomic mass is 16.4. The standard InChI is InChI=1S/C17H18O2/c1-2-7-16(17(18)19)15-11-6-10-14(12-15)13-8-4-3-5-9-13/h3-6,8-12,16H,2,7H2,1H3,(H,18,19). The van der Waals surface area contributed by atoms with Crippen LogP contribution in [0.1, 0.15) is 31.2 Å². The Morgan fingerprint density at radius 1 is 1.05 bits per heavy atom. The van der Waals surface area contributed by atoms with Crippen LogP contribution in [0.15, 0.2) is 54.6 Å². The normalized spacial score (nSPS) is 12.1. The molecule has 1 unspecified atom stereocenters. The summed E-state index contributed by atoms with van der Waals surface area (Å²) < 4.78 is 0. The number of carboxylic acids is 1. The van der Waals surface area contributed by atoms with E-state index in [0.29, 0.717) is 6.42 Å². The highest BCUT2D eigenvalue weighted by Crippen LogP contribution is 2.26. The maximum Gasteiger partial charge on any atom is 0.310 e. The predicted octanol–water partition coefficient (Wildman–Crippen LogP) is 4.32. The molecule has 0 saturated carbocycles. The molecule has 2 nitrogen and oxygen atoms in total. The van der Waals surface area contributed by atoms with Gasteiger partial charge in [0.1, 0.15) is 0 Å². The molecule has 0 spiro atoms. The first kappa shape index (κ1) is 13.3. The van der Waals surface area contributed by atoms with Crippen molar-refractivity contribution in [2.45, 2.75) is 25.7 Å². The minimum atomic E-state index is -0.743. The van der Waals surface area contributed by atoms with E-state index < -0.39 is 11.9 Å². The maximum absolute atomic E-state index is 11.3. The molecule has 0 aliphatic carbocycles. The Bertz CT molecular complexity index is 546. The molecule has 0 aliphatic rings. The molecule has 0 heterocycles. The zero-order valence-corrected chi connectivity index (χ0v) is 11.0. The Kier molecular flexibility index (Phi) is 4.35. The maximum atomic E-state index is 11.3. The van der Waals surface area contributed by atoms with Crippen LogP contribution >= 0.6 is 0 Å². The van der Waals surface area contributed by atoms with Crippen molar-refractivity contribution in [3.8, 4) is 11.1 Å². The molecular formula is C17H18O2. The first-order valence-corrected chi connectivity index (χ1v) is 6.60. The highest BCUT2D eigenvalue weighted by molar-refractivity contribution is 5.77. The van der Waals surface area contributed by atoms with Gasteiger partial charge in [0, 0.05) is 0 Å².